The summed E-state index contributed by atoms with van der Waals surface area (Å²) in [6.07, 6.45) is 2.44. The lowest BCUT2D eigenvalue weighted by Gasteiger charge is -2.50. The van der Waals surface area contributed by atoms with Crippen LogP contribution in [0.2, 0.25) is 5.02 Å². The number of carbonyl (C=O) groups is 2. The van der Waals surface area contributed by atoms with Crippen LogP contribution in [0, 0.1) is 12.8 Å². The highest BCUT2D eigenvalue weighted by atomic mass is 35.5. The third-order valence-corrected chi connectivity index (χ3v) is 5.35. The summed E-state index contributed by atoms with van der Waals surface area (Å²) in [4.78, 5) is 23.4. The van der Waals surface area contributed by atoms with E-state index in [0.717, 1.165) is 12.0 Å². The Kier molecular flexibility index (Phi) is 4.34. The fraction of sp³-hybridized carbons (Fsp3) is 0.529. The zero-order valence-corrected chi connectivity index (χ0v) is 13.7. The fourth-order valence-electron chi connectivity index (χ4n) is 3.53. The number of hydrogen-bond donors (Lipinski definition) is 2. The molecule has 1 aliphatic heterocycles. The Morgan fingerprint density at radius 2 is 2.09 bits per heavy atom. The number of halogens is 1. The average molecular weight is 338 g/mol. The lowest BCUT2D eigenvalue weighted by Crippen LogP contribution is -2.56. The van der Waals surface area contributed by atoms with Gasteiger partial charge in [-0.1, -0.05) is 23.7 Å². The van der Waals surface area contributed by atoms with Crippen molar-refractivity contribution in [1.29, 1.82) is 0 Å². The first-order valence-corrected chi connectivity index (χ1v) is 8.21. The number of aryl methyl sites for hydroxylation is 1. The number of hydrogen-bond acceptors (Lipinski definition) is 3. The first kappa shape index (κ1) is 16.3. The molecule has 0 radical (unpaired) electrons. The summed E-state index contributed by atoms with van der Waals surface area (Å²) in [7, 11) is 0. The zero-order chi connectivity index (χ0) is 16.6. The monoisotopic (exact) mass is 337 g/mol. The normalized spacial score (nSPS) is 29.8. The number of nitrogens with one attached hydrogen (secondary N) is 1. The Labute approximate surface area is 140 Å². The SMILES string of the molecule is Cc1cccc(C(=O)N[C@H]2CCOC3(CC(C(=O)O)C3)C2)c1Cl. The third kappa shape index (κ3) is 3.21. The maximum absolute atomic E-state index is 12.4. The van der Waals surface area contributed by atoms with Crippen molar-refractivity contribution in [3.8, 4) is 0 Å². The maximum Gasteiger partial charge on any atom is 0.306 e. The highest BCUT2D eigenvalue weighted by Gasteiger charge is 2.51. The van der Waals surface area contributed by atoms with Gasteiger partial charge in [0.1, 0.15) is 0 Å². The minimum atomic E-state index is -0.767. The summed E-state index contributed by atoms with van der Waals surface area (Å²) < 4.78 is 5.80. The zero-order valence-electron chi connectivity index (χ0n) is 13.0. The molecule has 1 aromatic rings. The van der Waals surface area contributed by atoms with Gasteiger partial charge in [0, 0.05) is 12.6 Å². The summed E-state index contributed by atoms with van der Waals surface area (Å²) in [6, 6.07) is 5.37. The molecule has 23 heavy (non-hydrogen) atoms. The van der Waals surface area contributed by atoms with Crippen molar-refractivity contribution < 1.29 is 19.4 Å². The molecule has 1 aromatic carbocycles. The number of rotatable bonds is 3. The first-order valence-electron chi connectivity index (χ1n) is 7.83. The van der Waals surface area contributed by atoms with E-state index >= 15 is 0 Å². The molecule has 124 valence electrons. The Balaban J connectivity index is 1.63. The Hall–Kier alpha value is -1.59. The molecular formula is C17H20ClNO4. The minimum absolute atomic E-state index is 0.0115. The maximum atomic E-state index is 12.4. The van der Waals surface area contributed by atoms with E-state index in [-0.39, 0.29) is 23.5 Å². The van der Waals surface area contributed by atoms with Crippen LogP contribution in [0.5, 0.6) is 0 Å². The van der Waals surface area contributed by atoms with Gasteiger partial charge in [-0.2, -0.15) is 0 Å². The summed E-state index contributed by atoms with van der Waals surface area (Å²) in [5.74, 6) is -1.28. The van der Waals surface area contributed by atoms with Crippen LogP contribution in [-0.4, -0.2) is 35.2 Å². The van der Waals surface area contributed by atoms with Crippen molar-refractivity contribution in [3.05, 3.63) is 34.3 Å². The van der Waals surface area contributed by atoms with E-state index in [2.05, 4.69) is 5.32 Å². The van der Waals surface area contributed by atoms with Gasteiger partial charge in [0.15, 0.2) is 0 Å². The Morgan fingerprint density at radius 1 is 1.35 bits per heavy atom. The van der Waals surface area contributed by atoms with Crippen molar-refractivity contribution >= 4 is 23.5 Å². The highest BCUT2D eigenvalue weighted by Crippen LogP contribution is 2.46. The van der Waals surface area contributed by atoms with Crippen LogP contribution in [0.1, 0.15) is 41.6 Å². The standard InChI is InChI=1S/C17H20ClNO4/c1-10-3-2-4-13(14(10)18)15(20)19-12-5-6-23-17(9-12)7-11(8-17)16(21)22/h2-4,11-12H,5-9H2,1H3,(H,19,20)(H,21,22)/t11?,12-,17?/m0/s1. The molecule has 1 amide bonds. The van der Waals surface area contributed by atoms with Crippen LogP contribution in [0.15, 0.2) is 18.2 Å². The number of ether oxygens (including phenoxy) is 1. The lowest BCUT2D eigenvalue weighted by atomic mass is 9.66. The van der Waals surface area contributed by atoms with Crippen molar-refractivity contribution in [3.63, 3.8) is 0 Å². The van der Waals surface area contributed by atoms with E-state index in [0.29, 0.717) is 36.5 Å². The van der Waals surface area contributed by atoms with Gasteiger partial charge in [-0.3, -0.25) is 9.59 Å². The van der Waals surface area contributed by atoms with Crippen molar-refractivity contribution in [2.24, 2.45) is 5.92 Å². The Morgan fingerprint density at radius 3 is 2.78 bits per heavy atom. The van der Waals surface area contributed by atoms with E-state index in [9.17, 15) is 9.59 Å². The van der Waals surface area contributed by atoms with E-state index in [1.54, 1.807) is 6.07 Å². The lowest BCUT2D eigenvalue weighted by molar-refractivity contribution is -0.181. The second-order valence-electron chi connectivity index (χ2n) is 6.57. The molecule has 3 rings (SSSR count). The van der Waals surface area contributed by atoms with Crippen molar-refractivity contribution in [2.75, 3.05) is 6.61 Å². The van der Waals surface area contributed by atoms with Crippen molar-refractivity contribution in [2.45, 2.75) is 44.2 Å². The molecule has 2 N–H and O–H groups in total. The number of benzene rings is 1. The molecule has 1 saturated carbocycles. The minimum Gasteiger partial charge on any atom is -0.481 e. The predicted molar refractivity (Wildman–Crippen MR) is 85.7 cm³/mol. The second-order valence-corrected chi connectivity index (χ2v) is 6.95. The number of carboxylic acids is 1. The summed E-state index contributed by atoms with van der Waals surface area (Å²) in [6.45, 7) is 2.40. The quantitative estimate of drug-likeness (QED) is 0.889. The van der Waals surface area contributed by atoms with Crippen LogP contribution in [0.4, 0.5) is 0 Å². The molecule has 1 aliphatic carbocycles. The van der Waals surface area contributed by atoms with E-state index in [1.807, 2.05) is 19.1 Å². The molecule has 1 heterocycles. The third-order valence-electron chi connectivity index (χ3n) is 4.85. The van der Waals surface area contributed by atoms with Gasteiger partial charge >= 0.3 is 5.97 Å². The predicted octanol–water partition coefficient (Wildman–Crippen LogP) is 2.79. The number of aliphatic carboxylic acids is 1. The van der Waals surface area contributed by atoms with Gasteiger partial charge in [0.2, 0.25) is 0 Å². The van der Waals surface area contributed by atoms with Crippen molar-refractivity contribution in [1.82, 2.24) is 5.32 Å². The molecule has 5 nitrogen and oxygen atoms in total. The van der Waals surface area contributed by atoms with Gasteiger partial charge in [0.05, 0.1) is 22.1 Å². The molecular weight excluding hydrogens is 318 g/mol. The molecule has 6 heteroatoms. The van der Waals surface area contributed by atoms with Crippen LogP contribution >= 0.6 is 11.6 Å². The van der Waals surface area contributed by atoms with Gasteiger partial charge in [-0.05, 0) is 44.2 Å². The average Bonchev–Trinajstić information content (AvgIpc) is 2.47. The molecule has 1 atom stereocenters. The molecule has 0 unspecified atom stereocenters. The van der Waals surface area contributed by atoms with E-state index < -0.39 is 5.97 Å². The molecule has 2 fully saturated rings. The van der Waals surface area contributed by atoms with Crippen LogP contribution < -0.4 is 5.32 Å². The van der Waals surface area contributed by atoms with Gasteiger partial charge in [0.25, 0.3) is 5.91 Å². The molecule has 1 saturated heterocycles. The summed E-state index contributed by atoms with van der Waals surface area (Å²) in [5, 5.41) is 12.5. The van der Waals surface area contributed by atoms with E-state index in [1.165, 1.54) is 0 Å². The molecule has 0 bridgehead atoms. The smallest absolute Gasteiger partial charge is 0.306 e. The van der Waals surface area contributed by atoms with Gasteiger partial charge < -0.3 is 15.2 Å². The number of carboxylic acid groups (broad SMARTS) is 1. The molecule has 2 aliphatic rings. The molecule has 0 aromatic heterocycles. The van der Waals surface area contributed by atoms with Gasteiger partial charge in [-0.25, -0.2) is 0 Å². The number of amides is 1. The topological polar surface area (TPSA) is 75.6 Å². The summed E-state index contributed by atoms with van der Waals surface area (Å²) >= 11 is 6.20. The number of carbonyl (C=O) groups excluding carboxylic acids is 1. The summed E-state index contributed by atoms with van der Waals surface area (Å²) in [5.41, 5.74) is 0.964. The fourth-order valence-corrected chi connectivity index (χ4v) is 3.75. The van der Waals surface area contributed by atoms with E-state index in [4.69, 9.17) is 21.4 Å². The van der Waals surface area contributed by atoms with Crippen LogP contribution in [0.25, 0.3) is 0 Å². The van der Waals surface area contributed by atoms with Crippen LogP contribution in [-0.2, 0) is 9.53 Å². The first-order chi connectivity index (χ1) is 10.9. The highest BCUT2D eigenvalue weighted by molar-refractivity contribution is 6.34. The van der Waals surface area contributed by atoms with Gasteiger partial charge in [-0.15, -0.1) is 0 Å². The second kappa shape index (κ2) is 6.13. The Bertz CT molecular complexity index is 639. The largest absolute Gasteiger partial charge is 0.481 e. The van der Waals surface area contributed by atoms with Crippen LogP contribution in [0.3, 0.4) is 0 Å². The molecule has 1 spiro atoms.